The SMILES string of the molecule is CNc1nc(C)c([N+](=O)[O-])c(NC(C)CS(C)=O)n1. The van der Waals surface area contributed by atoms with Gasteiger partial charge in [-0.05, 0) is 13.8 Å². The highest BCUT2D eigenvalue weighted by Gasteiger charge is 2.23. The minimum Gasteiger partial charge on any atom is -0.361 e. The van der Waals surface area contributed by atoms with Crippen molar-refractivity contribution in [3.63, 3.8) is 0 Å². The molecule has 19 heavy (non-hydrogen) atoms. The molecule has 9 heteroatoms. The zero-order valence-corrected chi connectivity index (χ0v) is 12.1. The van der Waals surface area contributed by atoms with E-state index in [9.17, 15) is 14.3 Å². The number of nitrogens with one attached hydrogen (secondary N) is 2. The van der Waals surface area contributed by atoms with Gasteiger partial charge in [0, 0.05) is 35.9 Å². The topological polar surface area (TPSA) is 110 Å². The summed E-state index contributed by atoms with van der Waals surface area (Å²) in [5.41, 5.74) is 0.115. The number of aryl methyl sites for hydroxylation is 1. The van der Waals surface area contributed by atoms with E-state index in [1.165, 1.54) is 0 Å². The Labute approximate surface area is 113 Å². The Bertz CT molecular complexity index is 508. The Kier molecular flexibility index (Phi) is 5.16. The lowest BCUT2D eigenvalue weighted by Gasteiger charge is -2.14. The molecular weight excluding hydrogens is 270 g/mol. The van der Waals surface area contributed by atoms with Gasteiger partial charge in [0.1, 0.15) is 5.69 Å². The van der Waals surface area contributed by atoms with Crippen molar-refractivity contribution >= 4 is 28.3 Å². The molecule has 0 aromatic carbocycles. The summed E-state index contributed by atoms with van der Waals surface area (Å²) < 4.78 is 11.1. The van der Waals surface area contributed by atoms with Gasteiger partial charge >= 0.3 is 5.69 Å². The molecular formula is C10H17N5O3S. The summed E-state index contributed by atoms with van der Waals surface area (Å²) in [4.78, 5) is 18.6. The van der Waals surface area contributed by atoms with Gasteiger partial charge in [-0.15, -0.1) is 0 Å². The molecule has 1 rings (SSSR count). The first kappa shape index (κ1) is 15.3. The largest absolute Gasteiger partial charge is 0.361 e. The van der Waals surface area contributed by atoms with E-state index < -0.39 is 15.7 Å². The lowest BCUT2D eigenvalue weighted by molar-refractivity contribution is -0.385. The van der Waals surface area contributed by atoms with E-state index in [4.69, 9.17) is 0 Å². The fourth-order valence-corrected chi connectivity index (χ4v) is 2.41. The van der Waals surface area contributed by atoms with E-state index in [1.807, 2.05) is 0 Å². The van der Waals surface area contributed by atoms with E-state index in [0.29, 0.717) is 11.7 Å². The Morgan fingerprint density at radius 1 is 1.47 bits per heavy atom. The first-order valence-corrected chi connectivity index (χ1v) is 7.35. The van der Waals surface area contributed by atoms with Crippen LogP contribution in [0.5, 0.6) is 0 Å². The highest BCUT2D eigenvalue weighted by atomic mass is 32.2. The van der Waals surface area contributed by atoms with Crippen molar-refractivity contribution in [2.24, 2.45) is 0 Å². The zero-order chi connectivity index (χ0) is 14.6. The molecule has 2 atom stereocenters. The van der Waals surface area contributed by atoms with Crippen molar-refractivity contribution in [2.45, 2.75) is 19.9 Å². The van der Waals surface area contributed by atoms with Gasteiger partial charge in [-0.3, -0.25) is 14.3 Å². The van der Waals surface area contributed by atoms with Crippen LogP contribution in [-0.4, -0.2) is 44.2 Å². The zero-order valence-electron chi connectivity index (χ0n) is 11.3. The van der Waals surface area contributed by atoms with Gasteiger partial charge in [0.2, 0.25) is 11.8 Å². The molecule has 2 unspecified atom stereocenters. The normalized spacial score (nSPS) is 13.7. The average Bonchev–Trinajstić information content (AvgIpc) is 2.26. The van der Waals surface area contributed by atoms with E-state index in [1.54, 1.807) is 27.2 Å². The van der Waals surface area contributed by atoms with Crippen LogP contribution in [0, 0.1) is 17.0 Å². The molecule has 1 aromatic rings. The van der Waals surface area contributed by atoms with Crippen LogP contribution in [0.2, 0.25) is 0 Å². The average molecular weight is 287 g/mol. The van der Waals surface area contributed by atoms with Crippen LogP contribution in [0.4, 0.5) is 17.5 Å². The minimum atomic E-state index is -0.991. The van der Waals surface area contributed by atoms with Gasteiger partial charge in [-0.1, -0.05) is 0 Å². The van der Waals surface area contributed by atoms with Gasteiger partial charge < -0.3 is 10.6 Å². The monoisotopic (exact) mass is 287 g/mol. The van der Waals surface area contributed by atoms with E-state index in [-0.39, 0.29) is 23.2 Å². The van der Waals surface area contributed by atoms with Gasteiger partial charge in [0.15, 0.2) is 0 Å². The molecule has 0 saturated heterocycles. The second kappa shape index (κ2) is 6.41. The number of hydrogen-bond acceptors (Lipinski definition) is 7. The maximum Gasteiger partial charge on any atom is 0.332 e. The van der Waals surface area contributed by atoms with Crippen molar-refractivity contribution in [2.75, 3.05) is 29.7 Å². The van der Waals surface area contributed by atoms with E-state index in [0.717, 1.165) is 0 Å². The summed E-state index contributed by atoms with van der Waals surface area (Å²) in [6.07, 6.45) is 1.58. The second-order valence-corrected chi connectivity index (χ2v) is 5.60. The quantitative estimate of drug-likeness (QED) is 0.591. The molecule has 1 heterocycles. The number of nitrogens with zero attached hydrogens (tertiary/aromatic N) is 3. The van der Waals surface area contributed by atoms with Gasteiger partial charge in [0.25, 0.3) is 0 Å². The summed E-state index contributed by atoms with van der Waals surface area (Å²) in [5.74, 6) is 0.824. The van der Waals surface area contributed by atoms with E-state index in [2.05, 4.69) is 20.6 Å². The predicted molar refractivity (Wildman–Crippen MR) is 75.0 cm³/mol. The van der Waals surface area contributed by atoms with Crippen LogP contribution in [-0.2, 0) is 10.8 Å². The van der Waals surface area contributed by atoms with Crippen molar-refractivity contribution in [3.05, 3.63) is 15.8 Å². The lowest BCUT2D eigenvalue weighted by Crippen LogP contribution is -2.24. The van der Waals surface area contributed by atoms with Crippen molar-refractivity contribution in [1.82, 2.24) is 9.97 Å². The number of rotatable bonds is 6. The Balaban J connectivity index is 3.12. The molecule has 106 valence electrons. The first-order chi connectivity index (χ1) is 8.85. The molecule has 8 nitrogen and oxygen atoms in total. The fraction of sp³-hybridized carbons (Fsp3) is 0.600. The van der Waals surface area contributed by atoms with Gasteiger partial charge in [0.05, 0.1) is 4.92 Å². The van der Waals surface area contributed by atoms with Crippen molar-refractivity contribution < 1.29 is 9.13 Å². The summed E-state index contributed by atoms with van der Waals surface area (Å²) in [6, 6.07) is -0.191. The fourth-order valence-electron chi connectivity index (χ4n) is 1.63. The summed E-state index contributed by atoms with van der Waals surface area (Å²) in [5, 5.41) is 16.7. The molecule has 0 aliphatic rings. The Hall–Kier alpha value is -1.77. The molecule has 0 aliphatic carbocycles. The molecule has 0 saturated carbocycles. The summed E-state index contributed by atoms with van der Waals surface area (Å²) >= 11 is 0. The lowest BCUT2D eigenvalue weighted by atomic mass is 10.3. The van der Waals surface area contributed by atoms with Crippen LogP contribution in [0.1, 0.15) is 12.6 Å². The van der Waals surface area contributed by atoms with Gasteiger partial charge in [-0.25, -0.2) is 4.98 Å². The van der Waals surface area contributed by atoms with Crippen LogP contribution in [0.15, 0.2) is 0 Å². The molecule has 0 fully saturated rings. The molecule has 2 N–H and O–H groups in total. The highest BCUT2D eigenvalue weighted by Crippen LogP contribution is 2.26. The number of aromatic nitrogens is 2. The Morgan fingerprint density at radius 2 is 2.11 bits per heavy atom. The molecule has 0 spiro atoms. The van der Waals surface area contributed by atoms with Crippen molar-refractivity contribution in [3.8, 4) is 0 Å². The maximum absolute atomic E-state index is 11.1. The number of hydrogen-bond donors (Lipinski definition) is 2. The second-order valence-electron chi connectivity index (χ2n) is 4.12. The molecule has 0 amide bonds. The van der Waals surface area contributed by atoms with E-state index >= 15 is 0 Å². The predicted octanol–water partition coefficient (Wildman–Crippen LogP) is 0.914. The Morgan fingerprint density at radius 3 is 2.58 bits per heavy atom. The number of anilines is 2. The van der Waals surface area contributed by atoms with Gasteiger partial charge in [-0.2, -0.15) is 4.98 Å². The summed E-state index contributed by atoms with van der Waals surface area (Å²) in [7, 11) is 0.643. The van der Waals surface area contributed by atoms with Crippen molar-refractivity contribution in [1.29, 1.82) is 0 Å². The molecule has 0 radical (unpaired) electrons. The van der Waals surface area contributed by atoms with Crippen LogP contribution in [0.3, 0.4) is 0 Å². The molecule has 0 bridgehead atoms. The molecule has 0 aliphatic heterocycles. The smallest absolute Gasteiger partial charge is 0.332 e. The standard InChI is InChI=1S/C10H17N5O3S/c1-6(5-19(4)18)12-9-8(15(16)17)7(2)13-10(11-3)14-9/h6H,5H2,1-4H3,(H2,11,12,13,14). The third-order valence-corrected chi connectivity index (χ3v) is 3.30. The number of nitro groups is 1. The van der Waals surface area contributed by atoms with Crippen LogP contribution >= 0.6 is 0 Å². The third kappa shape index (κ3) is 4.12. The maximum atomic E-state index is 11.1. The molecule has 1 aromatic heterocycles. The summed E-state index contributed by atoms with van der Waals surface area (Å²) in [6.45, 7) is 3.34. The first-order valence-electron chi connectivity index (χ1n) is 5.62. The minimum absolute atomic E-state index is 0.139. The van der Waals surface area contributed by atoms with Crippen LogP contribution < -0.4 is 10.6 Å². The third-order valence-electron chi connectivity index (χ3n) is 2.33. The van der Waals surface area contributed by atoms with Crippen LogP contribution in [0.25, 0.3) is 0 Å². The highest BCUT2D eigenvalue weighted by molar-refractivity contribution is 7.84.